The monoisotopic (exact) mass is 507 g/mol. The summed E-state index contributed by atoms with van der Waals surface area (Å²) in [6.07, 6.45) is -1.25. The molecule has 184 valence electrons. The topological polar surface area (TPSA) is 181 Å². The number of methoxy groups -OCH3 is 1. The molecule has 13 nitrogen and oxygen atoms in total. The van der Waals surface area contributed by atoms with E-state index in [2.05, 4.69) is 20.4 Å². The Bertz CT molecular complexity index is 1050. The van der Waals surface area contributed by atoms with E-state index >= 15 is 0 Å². The fourth-order valence-electron chi connectivity index (χ4n) is 3.59. The van der Waals surface area contributed by atoms with Crippen LogP contribution < -0.4 is 5.32 Å². The molecular weight excluding hydrogens is 481 g/mol. The number of ether oxygens (including phenoxy) is 3. The number of halogens is 1. The van der Waals surface area contributed by atoms with E-state index in [9.17, 15) is 24.6 Å². The average molecular weight is 508 g/mol. The van der Waals surface area contributed by atoms with Crippen LogP contribution in [0.2, 0.25) is 5.28 Å². The highest BCUT2D eigenvalue weighted by atomic mass is 35.5. The van der Waals surface area contributed by atoms with Crippen molar-refractivity contribution in [2.24, 2.45) is 5.92 Å². The second kappa shape index (κ2) is 9.33. The molecule has 1 saturated heterocycles. The Hall–Kier alpha value is -1.41. The number of aliphatic hydroxyl groups is 2. The van der Waals surface area contributed by atoms with Crippen LogP contribution in [0.4, 0.5) is 5.82 Å². The van der Waals surface area contributed by atoms with Gasteiger partial charge in [0, 0.05) is 13.7 Å². The van der Waals surface area contributed by atoms with Crippen LogP contribution in [-0.2, 0) is 18.8 Å². The largest absolute Gasteiger partial charge is 0.387 e. The molecule has 3 heterocycles. The van der Waals surface area contributed by atoms with Gasteiger partial charge in [0.25, 0.3) is 0 Å². The molecule has 1 aliphatic heterocycles. The number of nitrogens with zero attached hydrogens (tertiary/aromatic N) is 4. The van der Waals surface area contributed by atoms with E-state index in [1.165, 1.54) is 24.9 Å². The number of hydrogen-bond acceptors (Lipinski definition) is 10. The van der Waals surface area contributed by atoms with Crippen molar-refractivity contribution >= 4 is 36.0 Å². The van der Waals surface area contributed by atoms with E-state index < -0.39 is 44.1 Å². The molecule has 0 amide bonds. The predicted molar refractivity (Wildman–Crippen MR) is 116 cm³/mol. The molecule has 0 radical (unpaired) electrons. The summed E-state index contributed by atoms with van der Waals surface area (Å²) in [5.41, 5.74) is 0.297. The molecule has 15 heteroatoms. The molecule has 0 aromatic carbocycles. The third-order valence-electron chi connectivity index (χ3n) is 5.85. The summed E-state index contributed by atoms with van der Waals surface area (Å²) in [7, 11) is -3.44. The van der Waals surface area contributed by atoms with Gasteiger partial charge in [-0.25, -0.2) is 4.68 Å². The zero-order valence-corrected chi connectivity index (χ0v) is 19.7. The summed E-state index contributed by atoms with van der Waals surface area (Å²) in [6.45, 7) is 1.14. The third kappa shape index (κ3) is 5.02. The molecule has 2 fully saturated rings. The Morgan fingerprint density at radius 2 is 2.06 bits per heavy atom. The molecule has 2 aliphatic rings. The Balaban J connectivity index is 1.53. The SMILES string of the molecule is COCC(C)(OCC1O[C@@H](n2ncc3c(NCC4CC4)nc(Cl)nc32)[C@H](O)[C@@H]1O)P(=O)(O)O. The molecular formula is C18H27ClN5O8P. The first-order valence-electron chi connectivity index (χ1n) is 10.4. The van der Waals surface area contributed by atoms with Gasteiger partial charge in [-0.1, -0.05) is 0 Å². The minimum Gasteiger partial charge on any atom is -0.387 e. The Morgan fingerprint density at radius 3 is 2.70 bits per heavy atom. The van der Waals surface area contributed by atoms with Crippen LogP contribution in [0.3, 0.4) is 0 Å². The van der Waals surface area contributed by atoms with E-state index in [0.717, 1.165) is 19.4 Å². The molecule has 2 aromatic heterocycles. The number of aliphatic hydroxyl groups excluding tert-OH is 2. The second-order valence-corrected chi connectivity index (χ2v) is 10.9. The van der Waals surface area contributed by atoms with Crippen molar-refractivity contribution in [1.29, 1.82) is 0 Å². The van der Waals surface area contributed by atoms with E-state index in [1.807, 2.05) is 0 Å². The highest BCUT2D eigenvalue weighted by Crippen LogP contribution is 2.51. The molecule has 1 saturated carbocycles. The van der Waals surface area contributed by atoms with Gasteiger partial charge >= 0.3 is 7.60 Å². The fourth-order valence-corrected chi connectivity index (χ4v) is 4.30. The van der Waals surface area contributed by atoms with Crippen molar-refractivity contribution in [2.45, 2.75) is 49.6 Å². The van der Waals surface area contributed by atoms with Crippen LogP contribution in [0.5, 0.6) is 0 Å². The number of nitrogens with one attached hydrogen (secondary N) is 1. The lowest BCUT2D eigenvalue weighted by atomic mass is 10.1. The average Bonchev–Trinajstić information content (AvgIpc) is 3.42. The van der Waals surface area contributed by atoms with Crippen molar-refractivity contribution in [2.75, 3.05) is 32.2 Å². The molecule has 2 unspecified atom stereocenters. The van der Waals surface area contributed by atoms with Gasteiger partial charge < -0.3 is 39.5 Å². The number of fused-ring (bicyclic) bond motifs is 1. The zero-order valence-electron chi connectivity index (χ0n) is 18.0. The van der Waals surface area contributed by atoms with Gasteiger partial charge in [0.15, 0.2) is 17.2 Å². The van der Waals surface area contributed by atoms with Crippen molar-refractivity contribution in [1.82, 2.24) is 19.7 Å². The second-order valence-electron chi connectivity index (χ2n) is 8.50. The van der Waals surface area contributed by atoms with E-state index in [-0.39, 0.29) is 11.9 Å². The molecule has 4 rings (SSSR count). The van der Waals surface area contributed by atoms with E-state index in [0.29, 0.717) is 22.8 Å². The van der Waals surface area contributed by atoms with Crippen LogP contribution in [-0.4, -0.2) is 90.3 Å². The lowest BCUT2D eigenvalue weighted by Gasteiger charge is -2.31. The molecule has 5 atom stereocenters. The predicted octanol–water partition coefficient (Wildman–Crippen LogP) is 0.478. The lowest BCUT2D eigenvalue weighted by Crippen LogP contribution is -2.40. The molecule has 5 N–H and O–H groups in total. The van der Waals surface area contributed by atoms with Crippen LogP contribution >= 0.6 is 19.2 Å². The third-order valence-corrected chi connectivity index (χ3v) is 7.51. The summed E-state index contributed by atoms with van der Waals surface area (Å²) in [4.78, 5) is 27.7. The van der Waals surface area contributed by atoms with E-state index in [4.69, 9.17) is 25.8 Å². The normalized spacial score (nSPS) is 27.7. The summed E-state index contributed by atoms with van der Waals surface area (Å²) in [6, 6.07) is 0. The van der Waals surface area contributed by atoms with Gasteiger partial charge in [-0.05, 0) is 37.3 Å². The maximum Gasteiger partial charge on any atom is 0.359 e. The van der Waals surface area contributed by atoms with Crippen molar-refractivity contribution in [3.63, 3.8) is 0 Å². The number of rotatable bonds is 10. The summed E-state index contributed by atoms with van der Waals surface area (Å²) < 4.78 is 29.2. The van der Waals surface area contributed by atoms with Crippen LogP contribution in [0.1, 0.15) is 26.0 Å². The summed E-state index contributed by atoms with van der Waals surface area (Å²) in [5.74, 6) is 1.10. The molecule has 0 bridgehead atoms. The van der Waals surface area contributed by atoms with Crippen LogP contribution in [0.25, 0.3) is 11.0 Å². The molecule has 2 aromatic rings. The summed E-state index contributed by atoms with van der Waals surface area (Å²) in [5, 5.41) is 27.2. The van der Waals surface area contributed by atoms with Crippen molar-refractivity contribution in [3.05, 3.63) is 11.5 Å². The standard InChI is InChI=1S/C18H27ClN5O8P/c1-18(8-30-2,33(27,28)29)31-7-11-12(25)13(26)16(32-11)24-15-10(6-21-24)14(22-17(19)23-15)20-5-9-3-4-9/h6,9,11-13,16,25-26H,3-5,7-8H2,1-2H3,(H,20,22,23)(H2,27,28,29)/t11?,12-,13-,16-,18?/m1/s1. The first-order chi connectivity index (χ1) is 15.5. The zero-order chi connectivity index (χ0) is 24.0. The maximum atomic E-state index is 11.8. The molecule has 0 spiro atoms. The highest BCUT2D eigenvalue weighted by molar-refractivity contribution is 7.53. The molecule has 33 heavy (non-hydrogen) atoms. The maximum absolute atomic E-state index is 11.8. The first kappa shape index (κ1) is 24.7. The summed E-state index contributed by atoms with van der Waals surface area (Å²) >= 11 is 6.09. The Morgan fingerprint density at radius 1 is 1.33 bits per heavy atom. The quantitative estimate of drug-likeness (QED) is 0.222. The lowest BCUT2D eigenvalue weighted by molar-refractivity contribution is -0.107. The van der Waals surface area contributed by atoms with Gasteiger partial charge in [0.2, 0.25) is 5.28 Å². The van der Waals surface area contributed by atoms with E-state index in [1.54, 1.807) is 0 Å². The Kier molecular flexibility index (Phi) is 6.98. The van der Waals surface area contributed by atoms with Crippen molar-refractivity contribution < 1.29 is 38.8 Å². The van der Waals surface area contributed by atoms with Gasteiger partial charge in [0.1, 0.15) is 24.1 Å². The van der Waals surface area contributed by atoms with Gasteiger partial charge in [0.05, 0.1) is 24.8 Å². The van der Waals surface area contributed by atoms with Crippen LogP contribution in [0, 0.1) is 5.92 Å². The van der Waals surface area contributed by atoms with Gasteiger partial charge in [-0.15, -0.1) is 0 Å². The highest BCUT2D eigenvalue weighted by Gasteiger charge is 2.49. The smallest absolute Gasteiger partial charge is 0.359 e. The minimum absolute atomic E-state index is 0.0209. The number of anilines is 1. The number of hydrogen-bond donors (Lipinski definition) is 5. The molecule has 1 aliphatic carbocycles. The van der Waals surface area contributed by atoms with Crippen LogP contribution in [0.15, 0.2) is 6.20 Å². The minimum atomic E-state index is -4.72. The fraction of sp³-hybridized carbons (Fsp3) is 0.722. The van der Waals surface area contributed by atoms with Gasteiger partial charge in [-0.2, -0.15) is 15.1 Å². The van der Waals surface area contributed by atoms with Gasteiger partial charge in [-0.3, -0.25) is 4.57 Å². The Labute approximate surface area is 194 Å². The number of aromatic nitrogens is 4. The first-order valence-corrected chi connectivity index (χ1v) is 12.4. The van der Waals surface area contributed by atoms with Crippen molar-refractivity contribution in [3.8, 4) is 0 Å².